The SMILES string of the molecule is CNS(=O)(=O)c1ccc(F)c(C(=O)N2CCCC(CNS(=O)(=O)c3ccc(C)cc3)C2)c1. The van der Waals surface area contributed by atoms with Gasteiger partial charge in [0.05, 0.1) is 15.4 Å². The highest BCUT2D eigenvalue weighted by Gasteiger charge is 2.28. The molecule has 0 aliphatic carbocycles. The lowest BCUT2D eigenvalue weighted by Crippen LogP contribution is -2.44. The minimum Gasteiger partial charge on any atom is -0.338 e. The van der Waals surface area contributed by atoms with Crippen molar-refractivity contribution >= 4 is 26.0 Å². The molecule has 1 aliphatic heterocycles. The summed E-state index contributed by atoms with van der Waals surface area (Å²) in [5, 5.41) is 0. The van der Waals surface area contributed by atoms with Crippen LogP contribution in [0.2, 0.25) is 0 Å². The zero-order valence-corrected chi connectivity index (χ0v) is 19.5. The van der Waals surface area contributed by atoms with Crippen LogP contribution in [0.5, 0.6) is 0 Å². The molecule has 3 rings (SSSR count). The van der Waals surface area contributed by atoms with Crippen LogP contribution in [0.4, 0.5) is 4.39 Å². The summed E-state index contributed by atoms with van der Waals surface area (Å²) >= 11 is 0. The number of sulfonamides is 2. The van der Waals surface area contributed by atoms with E-state index in [-0.39, 0.29) is 34.4 Å². The normalized spacial score (nSPS) is 17.3. The first-order chi connectivity index (χ1) is 15.0. The number of carbonyl (C=O) groups excluding carboxylic acids is 1. The van der Waals surface area contributed by atoms with Crippen molar-refractivity contribution in [2.45, 2.75) is 29.6 Å². The van der Waals surface area contributed by atoms with Gasteiger partial charge in [0, 0.05) is 19.6 Å². The fourth-order valence-electron chi connectivity index (χ4n) is 3.57. The van der Waals surface area contributed by atoms with Gasteiger partial charge in [0.25, 0.3) is 5.91 Å². The molecule has 8 nitrogen and oxygen atoms in total. The van der Waals surface area contributed by atoms with Crippen molar-refractivity contribution in [3.05, 3.63) is 59.4 Å². The molecule has 2 N–H and O–H groups in total. The van der Waals surface area contributed by atoms with Crippen LogP contribution in [0.25, 0.3) is 0 Å². The van der Waals surface area contributed by atoms with Crippen LogP contribution in [-0.2, 0) is 20.0 Å². The molecule has 1 fully saturated rings. The summed E-state index contributed by atoms with van der Waals surface area (Å²) < 4.78 is 68.1. The van der Waals surface area contributed by atoms with Gasteiger partial charge in [-0.1, -0.05) is 17.7 Å². The summed E-state index contributed by atoms with van der Waals surface area (Å²) in [5.41, 5.74) is 0.617. The van der Waals surface area contributed by atoms with E-state index in [9.17, 15) is 26.0 Å². The maximum atomic E-state index is 14.3. The lowest BCUT2D eigenvalue weighted by molar-refractivity contribution is 0.0671. The Morgan fingerprint density at radius 1 is 1.06 bits per heavy atom. The highest BCUT2D eigenvalue weighted by Crippen LogP contribution is 2.22. The van der Waals surface area contributed by atoms with E-state index in [1.807, 2.05) is 6.92 Å². The average molecular weight is 484 g/mol. The summed E-state index contributed by atoms with van der Waals surface area (Å²) in [5.74, 6) is -1.59. The van der Waals surface area contributed by atoms with Crippen LogP contribution >= 0.6 is 0 Å². The molecule has 11 heteroatoms. The van der Waals surface area contributed by atoms with Gasteiger partial charge < -0.3 is 4.90 Å². The second-order valence-electron chi connectivity index (χ2n) is 7.77. The van der Waals surface area contributed by atoms with Gasteiger partial charge in [-0.2, -0.15) is 0 Å². The molecule has 0 bridgehead atoms. The molecule has 1 saturated heterocycles. The number of benzene rings is 2. The lowest BCUT2D eigenvalue weighted by atomic mass is 9.97. The van der Waals surface area contributed by atoms with Crippen LogP contribution in [0.15, 0.2) is 52.3 Å². The maximum Gasteiger partial charge on any atom is 0.256 e. The Bertz CT molecular complexity index is 1200. The predicted molar refractivity (Wildman–Crippen MR) is 118 cm³/mol. The smallest absolute Gasteiger partial charge is 0.256 e. The second kappa shape index (κ2) is 9.65. The van der Waals surface area contributed by atoms with Gasteiger partial charge in [0.15, 0.2) is 0 Å². The van der Waals surface area contributed by atoms with Gasteiger partial charge in [0.2, 0.25) is 20.0 Å². The number of rotatable bonds is 7. The first-order valence-electron chi connectivity index (χ1n) is 10.1. The number of nitrogens with one attached hydrogen (secondary N) is 2. The molecule has 0 saturated carbocycles. The number of likely N-dealkylation sites (tertiary alicyclic amines) is 1. The van der Waals surface area contributed by atoms with Crippen molar-refractivity contribution in [1.82, 2.24) is 14.3 Å². The monoisotopic (exact) mass is 483 g/mol. The first kappa shape index (κ1) is 24.3. The number of aryl methyl sites for hydroxylation is 1. The van der Waals surface area contributed by atoms with E-state index in [0.717, 1.165) is 23.8 Å². The Labute approximate surface area is 187 Å². The molecule has 0 spiro atoms. The number of hydrogen-bond acceptors (Lipinski definition) is 5. The number of carbonyl (C=O) groups is 1. The number of piperidine rings is 1. The minimum atomic E-state index is -3.83. The third-order valence-corrected chi connectivity index (χ3v) is 8.30. The van der Waals surface area contributed by atoms with Crippen LogP contribution in [0, 0.1) is 18.7 Å². The Morgan fingerprint density at radius 3 is 2.38 bits per heavy atom. The standard InChI is InChI=1S/C21H26FN3O5S2/c1-15-5-7-17(8-6-15)32(29,30)24-13-16-4-3-11-25(14-16)21(26)19-12-18(9-10-20(19)22)31(27,28)23-2/h5-10,12,16,23-24H,3-4,11,13-14H2,1-2H3. The van der Waals surface area contributed by atoms with E-state index in [4.69, 9.17) is 0 Å². The fraction of sp³-hybridized carbons (Fsp3) is 0.381. The van der Waals surface area contributed by atoms with E-state index in [0.29, 0.717) is 19.4 Å². The molecule has 1 atom stereocenters. The van der Waals surface area contributed by atoms with Gasteiger partial charge in [0.1, 0.15) is 5.82 Å². The second-order valence-corrected chi connectivity index (χ2v) is 11.4. The number of nitrogens with zero attached hydrogens (tertiary/aromatic N) is 1. The maximum absolute atomic E-state index is 14.3. The topological polar surface area (TPSA) is 113 Å². The van der Waals surface area contributed by atoms with Crippen molar-refractivity contribution in [2.75, 3.05) is 26.7 Å². The Kier molecular flexibility index (Phi) is 7.33. The third-order valence-electron chi connectivity index (χ3n) is 5.45. The van der Waals surface area contributed by atoms with Crippen molar-refractivity contribution in [1.29, 1.82) is 0 Å². The average Bonchev–Trinajstić information content (AvgIpc) is 2.78. The van der Waals surface area contributed by atoms with Crippen LogP contribution in [-0.4, -0.2) is 54.3 Å². The van der Waals surface area contributed by atoms with Gasteiger partial charge in [-0.3, -0.25) is 4.79 Å². The molecular weight excluding hydrogens is 457 g/mol. The van der Waals surface area contributed by atoms with Gasteiger partial charge in [-0.25, -0.2) is 30.7 Å². The quantitative estimate of drug-likeness (QED) is 0.624. The zero-order valence-electron chi connectivity index (χ0n) is 17.8. The van der Waals surface area contributed by atoms with Crippen LogP contribution in [0.3, 0.4) is 0 Å². The summed E-state index contributed by atoms with van der Waals surface area (Å²) in [6, 6.07) is 9.56. The third kappa shape index (κ3) is 5.52. The molecule has 174 valence electrons. The van der Waals surface area contributed by atoms with E-state index in [2.05, 4.69) is 9.44 Å². The lowest BCUT2D eigenvalue weighted by Gasteiger charge is -2.33. The Balaban J connectivity index is 1.70. The summed E-state index contributed by atoms with van der Waals surface area (Å²) in [7, 11) is -6.29. The van der Waals surface area contributed by atoms with Crippen molar-refractivity contribution in [2.24, 2.45) is 5.92 Å². The van der Waals surface area contributed by atoms with Gasteiger partial charge >= 0.3 is 0 Å². The summed E-state index contributed by atoms with van der Waals surface area (Å²) in [4.78, 5) is 14.3. The molecule has 0 radical (unpaired) electrons. The summed E-state index contributed by atoms with van der Waals surface area (Å²) in [6.45, 7) is 2.61. The van der Waals surface area contributed by atoms with Crippen molar-refractivity contribution < 1.29 is 26.0 Å². The number of amides is 1. The molecule has 32 heavy (non-hydrogen) atoms. The Hall–Kier alpha value is -2.34. The highest BCUT2D eigenvalue weighted by atomic mass is 32.2. The number of halogens is 1. The van der Waals surface area contributed by atoms with E-state index in [1.165, 1.54) is 24.1 Å². The molecule has 2 aromatic carbocycles. The summed E-state index contributed by atoms with van der Waals surface area (Å²) in [6.07, 6.45) is 1.33. The molecule has 1 heterocycles. The van der Waals surface area contributed by atoms with E-state index in [1.54, 1.807) is 12.1 Å². The van der Waals surface area contributed by atoms with Crippen molar-refractivity contribution in [3.8, 4) is 0 Å². The molecule has 0 aromatic heterocycles. The molecule has 1 unspecified atom stereocenters. The first-order valence-corrected chi connectivity index (χ1v) is 13.1. The largest absolute Gasteiger partial charge is 0.338 e. The predicted octanol–water partition coefficient (Wildman–Crippen LogP) is 1.87. The minimum absolute atomic E-state index is 0.136. The fourth-order valence-corrected chi connectivity index (χ4v) is 5.44. The van der Waals surface area contributed by atoms with Gasteiger partial charge in [-0.15, -0.1) is 0 Å². The number of hydrogen-bond donors (Lipinski definition) is 2. The van der Waals surface area contributed by atoms with Gasteiger partial charge in [-0.05, 0) is 63.1 Å². The zero-order chi connectivity index (χ0) is 23.5. The Morgan fingerprint density at radius 2 is 1.72 bits per heavy atom. The van der Waals surface area contributed by atoms with Crippen LogP contribution < -0.4 is 9.44 Å². The van der Waals surface area contributed by atoms with Crippen molar-refractivity contribution in [3.63, 3.8) is 0 Å². The van der Waals surface area contributed by atoms with E-state index >= 15 is 0 Å². The molecular formula is C21H26FN3O5S2. The van der Waals surface area contributed by atoms with Crippen LogP contribution in [0.1, 0.15) is 28.8 Å². The van der Waals surface area contributed by atoms with E-state index < -0.39 is 31.8 Å². The highest BCUT2D eigenvalue weighted by molar-refractivity contribution is 7.89. The molecule has 1 amide bonds. The molecule has 2 aromatic rings. The molecule has 1 aliphatic rings.